The van der Waals surface area contributed by atoms with Gasteiger partial charge in [-0.1, -0.05) is 12.0 Å². The second-order valence-corrected chi connectivity index (χ2v) is 6.11. The molecule has 1 atom stereocenters. The lowest BCUT2D eigenvalue weighted by molar-refractivity contribution is -0.135. The highest BCUT2D eigenvalue weighted by Gasteiger charge is 2.36. The minimum Gasteiger partial charge on any atom is -0.342 e. The monoisotopic (exact) mass is 296 g/mol. The third-order valence-electron chi connectivity index (χ3n) is 4.33. The van der Waals surface area contributed by atoms with Crippen molar-refractivity contribution in [3.05, 3.63) is 29.8 Å². The quantitative estimate of drug-likeness (QED) is 0.870. The van der Waals surface area contributed by atoms with Crippen molar-refractivity contribution in [2.45, 2.75) is 25.7 Å². The van der Waals surface area contributed by atoms with Gasteiger partial charge in [-0.15, -0.1) is 6.42 Å². The van der Waals surface area contributed by atoms with Gasteiger partial charge in [0.1, 0.15) is 0 Å². The summed E-state index contributed by atoms with van der Waals surface area (Å²) >= 11 is 0. The first-order chi connectivity index (χ1) is 10.7. The van der Waals surface area contributed by atoms with Gasteiger partial charge in [-0.2, -0.15) is 0 Å². The average molecular weight is 296 g/mol. The minimum atomic E-state index is -0.133. The van der Waals surface area contributed by atoms with Gasteiger partial charge in [-0.05, 0) is 43.9 Å². The molecule has 4 nitrogen and oxygen atoms in total. The molecule has 2 aliphatic rings. The molecule has 1 saturated carbocycles. The molecule has 0 spiro atoms. The van der Waals surface area contributed by atoms with Crippen LogP contribution in [0, 0.1) is 24.2 Å². The molecular formula is C18H20N2O2. The van der Waals surface area contributed by atoms with Gasteiger partial charge < -0.3 is 10.2 Å². The number of carbonyl (C=O) groups is 2. The van der Waals surface area contributed by atoms with E-state index in [0.717, 1.165) is 37.8 Å². The summed E-state index contributed by atoms with van der Waals surface area (Å²) in [4.78, 5) is 26.4. The van der Waals surface area contributed by atoms with E-state index < -0.39 is 0 Å². The zero-order chi connectivity index (χ0) is 15.5. The Bertz CT molecular complexity index is 628. The van der Waals surface area contributed by atoms with Crippen LogP contribution in [0.3, 0.4) is 0 Å². The molecule has 114 valence electrons. The van der Waals surface area contributed by atoms with Gasteiger partial charge >= 0.3 is 0 Å². The SMILES string of the molecule is C#Cc1cccc(NC(=O)C2CCCN(C(=O)C3CC3)C2)c1. The Labute approximate surface area is 130 Å². The van der Waals surface area contributed by atoms with E-state index in [4.69, 9.17) is 6.42 Å². The van der Waals surface area contributed by atoms with Crippen LogP contribution in [-0.2, 0) is 9.59 Å². The Balaban J connectivity index is 1.61. The number of anilines is 1. The fourth-order valence-electron chi connectivity index (χ4n) is 2.91. The van der Waals surface area contributed by atoms with E-state index in [9.17, 15) is 9.59 Å². The molecule has 1 heterocycles. The lowest BCUT2D eigenvalue weighted by Crippen LogP contribution is -2.44. The first-order valence-corrected chi connectivity index (χ1v) is 7.83. The number of hydrogen-bond acceptors (Lipinski definition) is 2. The van der Waals surface area contributed by atoms with Crippen molar-refractivity contribution in [1.82, 2.24) is 4.90 Å². The standard InChI is InChI=1S/C18H20N2O2/c1-2-13-5-3-7-16(11-13)19-17(21)15-6-4-10-20(12-15)18(22)14-8-9-14/h1,3,5,7,11,14-15H,4,6,8-10,12H2,(H,19,21). The Hall–Kier alpha value is -2.28. The smallest absolute Gasteiger partial charge is 0.229 e. The van der Waals surface area contributed by atoms with Crippen LogP contribution in [0.1, 0.15) is 31.2 Å². The van der Waals surface area contributed by atoms with Crippen molar-refractivity contribution in [2.24, 2.45) is 11.8 Å². The van der Waals surface area contributed by atoms with Crippen molar-refractivity contribution in [3.63, 3.8) is 0 Å². The van der Waals surface area contributed by atoms with E-state index in [1.165, 1.54) is 0 Å². The number of piperidine rings is 1. The van der Waals surface area contributed by atoms with Crippen LogP contribution in [0.15, 0.2) is 24.3 Å². The normalized spacial score (nSPS) is 21.0. The van der Waals surface area contributed by atoms with Crippen LogP contribution in [0.25, 0.3) is 0 Å². The summed E-state index contributed by atoms with van der Waals surface area (Å²) in [6.07, 6.45) is 9.10. The van der Waals surface area contributed by atoms with Gasteiger partial charge in [0.2, 0.25) is 11.8 Å². The molecule has 2 amide bonds. The molecule has 1 aliphatic carbocycles. The van der Waals surface area contributed by atoms with Gasteiger partial charge in [0, 0.05) is 30.3 Å². The summed E-state index contributed by atoms with van der Waals surface area (Å²) in [5, 5.41) is 2.92. The fraction of sp³-hybridized carbons (Fsp3) is 0.444. The highest BCUT2D eigenvalue weighted by atomic mass is 16.2. The molecule has 4 heteroatoms. The number of nitrogens with one attached hydrogen (secondary N) is 1. The van der Waals surface area contributed by atoms with Crippen LogP contribution < -0.4 is 5.32 Å². The number of carbonyl (C=O) groups excluding carboxylic acids is 2. The molecular weight excluding hydrogens is 276 g/mol. The van der Waals surface area contributed by atoms with E-state index in [1.54, 1.807) is 6.07 Å². The molecule has 2 fully saturated rings. The Morgan fingerprint density at radius 2 is 2.05 bits per heavy atom. The van der Waals surface area contributed by atoms with Gasteiger partial charge in [-0.3, -0.25) is 9.59 Å². The van der Waals surface area contributed by atoms with E-state index in [2.05, 4.69) is 11.2 Å². The highest BCUT2D eigenvalue weighted by molar-refractivity contribution is 5.93. The number of terminal acetylenes is 1. The largest absolute Gasteiger partial charge is 0.342 e. The second-order valence-electron chi connectivity index (χ2n) is 6.11. The van der Waals surface area contributed by atoms with Gasteiger partial charge in [0.15, 0.2) is 0 Å². The minimum absolute atomic E-state index is 0.0255. The van der Waals surface area contributed by atoms with E-state index in [-0.39, 0.29) is 23.7 Å². The van der Waals surface area contributed by atoms with Crippen LogP contribution >= 0.6 is 0 Å². The van der Waals surface area contributed by atoms with Crippen molar-refractivity contribution >= 4 is 17.5 Å². The van der Waals surface area contributed by atoms with Crippen LogP contribution in [0.4, 0.5) is 5.69 Å². The van der Waals surface area contributed by atoms with E-state index in [0.29, 0.717) is 12.2 Å². The molecule has 0 bridgehead atoms. The molecule has 1 aromatic carbocycles. The van der Waals surface area contributed by atoms with Crippen molar-refractivity contribution in [2.75, 3.05) is 18.4 Å². The number of rotatable bonds is 3. The topological polar surface area (TPSA) is 49.4 Å². The van der Waals surface area contributed by atoms with Gasteiger partial charge in [0.25, 0.3) is 0 Å². The Morgan fingerprint density at radius 1 is 1.23 bits per heavy atom. The predicted octanol–water partition coefficient (Wildman–Crippen LogP) is 2.26. The van der Waals surface area contributed by atoms with Crippen LogP contribution in [0.2, 0.25) is 0 Å². The third kappa shape index (κ3) is 3.30. The number of hydrogen-bond donors (Lipinski definition) is 1. The molecule has 0 radical (unpaired) electrons. The molecule has 1 aromatic rings. The third-order valence-corrected chi connectivity index (χ3v) is 4.33. The maximum atomic E-state index is 12.4. The maximum absolute atomic E-state index is 12.4. The molecule has 22 heavy (non-hydrogen) atoms. The predicted molar refractivity (Wildman–Crippen MR) is 85.0 cm³/mol. The summed E-state index contributed by atoms with van der Waals surface area (Å²) in [5.41, 5.74) is 1.46. The fourth-order valence-corrected chi connectivity index (χ4v) is 2.91. The lowest BCUT2D eigenvalue weighted by atomic mass is 9.96. The summed E-state index contributed by atoms with van der Waals surface area (Å²) in [5.74, 6) is 2.84. The summed E-state index contributed by atoms with van der Waals surface area (Å²) < 4.78 is 0. The Kier molecular flexibility index (Phi) is 4.15. The molecule has 1 N–H and O–H groups in total. The number of benzene rings is 1. The molecule has 1 saturated heterocycles. The zero-order valence-corrected chi connectivity index (χ0v) is 12.5. The lowest BCUT2D eigenvalue weighted by Gasteiger charge is -2.32. The number of likely N-dealkylation sites (tertiary alicyclic amines) is 1. The Morgan fingerprint density at radius 3 is 2.77 bits per heavy atom. The van der Waals surface area contributed by atoms with Gasteiger partial charge in [-0.25, -0.2) is 0 Å². The first kappa shape index (κ1) is 14.6. The molecule has 1 unspecified atom stereocenters. The summed E-state index contributed by atoms with van der Waals surface area (Å²) in [7, 11) is 0. The molecule has 0 aromatic heterocycles. The number of nitrogens with zero attached hydrogens (tertiary/aromatic N) is 1. The molecule has 3 rings (SSSR count). The average Bonchev–Trinajstić information content (AvgIpc) is 3.39. The van der Waals surface area contributed by atoms with Crippen LogP contribution in [-0.4, -0.2) is 29.8 Å². The van der Waals surface area contributed by atoms with Crippen molar-refractivity contribution < 1.29 is 9.59 Å². The number of amides is 2. The highest BCUT2D eigenvalue weighted by Crippen LogP contribution is 2.32. The summed E-state index contributed by atoms with van der Waals surface area (Å²) in [6, 6.07) is 7.27. The van der Waals surface area contributed by atoms with Crippen LogP contribution in [0.5, 0.6) is 0 Å². The maximum Gasteiger partial charge on any atom is 0.229 e. The van der Waals surface area contributed by atoms with Crippen molar-refractivity contribution in [1.29, 1.82) is 0 Å². The van der Waals surface area contributed by atoms with E-state index in [1.807, 2.05) is 23.1 Å². The van der Waals surface area contributed by atoms with Crippen molar-refractivity contribution in [3.8, 4) is 12.3 Å². The second kappa shape index (κ2) is 6.23. The summed E-state index contributed by atoms with van der Waals surface area (Å²) in [6.45, 7) is 1.32. The molecule has 1 aliphatic heterocycles. The van der Waals surface area contributed by atoms with Gasteiger partial charge in [0.05, 0.1) is 5.92 Å². The zero-order valence-electron chi connectivity index (χ0n) is 12.5. The first-order valence-electron chi connectivity index (χ1n) is 7.83. The van der Waals surface area contributed by atoms with E-state index >= 15 is 0 Å².